The van der Waals surface area contributed by atoms with Gasteiger partial charge in [-0.2, -0.15) is 0 Å². The molecular formula is C26H21Cl2N5O5. The average Bonchev–Trinajstić information content (AvgIpc) is 3.40. The molecule has 10 nitrogen and oxygen atoms in total. The molecule has 1 aliphatic heterocycles. The summed E-state index contributed by atoms with van der Waals surface area (Å²) in [4.78, 5) is 49.0. The van der Waals surface area contributed by atoms with Crippen molar-refractivity contribution in [2.24, 2.45) is 7.05 Å². The molecule has 0 saturated heterocycles. The van der Waals surface area contributed by atoms with Crippen LogP contribution in [0.4, 0.5) is 5.69 Å². The van der Waals surface area contributed by atoms with Gasteiger partial charge in [0.2, 0.25) is 5.88 Å². The highest BCUT2D eigenvalue weighted by Gasteiger charge is 2.45. The lowest BCUT2D eigenvalue weighted by Gasteiger charge is -2.27. The molecular weight excluding hydrogens is 533 g/mol. The molecule has 1 amide bonds. The van der Waals surface area contributed by atoms with E-state index in [1.54, 1.807) is 35.9 Å². The van der Waals surface area contributed by atoms with Gasteiger partial charge in [0.15, 0.2) is 5.69 Å². The molecule has 194 valence electrons. The van der Waals surface area contributed by atoms with Gasteiger partial charge >= 0.3 is 5.97 Å². The van der Waals surface area contributed by atoms with Gasteiger partial charge in [-0.3, -0.25) is 14.5 Å². The van der Waals surface area contributed by atoms with Crippen molar-refractivity contribution in [3.63, 3.8) is 0 Å². The Morgan fingerprint density at radius 2 is 1.84 bits per heavy atom. The molecule has 38 heavy (non-hydrogen) atoms. The number of aromatic carboxylic acids is 1. The highest BCUT2D eigenvalue weighted by Crippen LogP contribution is 2.44. The molecule has 1 atom stereocenters. The second-order valence-corrected chi connectivity index (χ2v) is 9.46. The SMILES string of the molecule is CCn1c(-c2cc(C(=O)O)cnc2OC)nc2c1C(c1ccc(Cl)cc1)N(c1cc(Cl)cn(C)c1=O)C2=O. The second kappa shape index (κ2) is 9.62. The molecule has 1 aliphatic rings. The van der Waals surface area contributed by atoms with E-state index in [0.717, 1.165) is 0 Å². The number of ether oxygens (including phenoxy) is 1. The van der Waals surface area contributed by atoms with Crippen LogP contribution in [-0.2, 0) is 13.6 Å². The lowest BCUT2D eigenvalue weighted by atomic mass is 10.0. The predicted octanol–water partition coefficient (Wildman–Crippen LogP) is 4.43. The number of fused-ring (bicyclic) bond motifs is 1. The number of hydrogen-bond acceptors (Lipinski definition) is 6. The molecule has 1 unspecified atom stereocenters. The van der Waals surface area contributed by atoms with Crippen molar-refractivity contribution in [1.29, 1.82) is 0 Å². The third kappa shape index (κ3) is 4.02. The summed E-state index contributed by atoms with van der Waals surface area (Å²) in [6, 6.07) is 9.06. The predicted molar refractivity (Wildman–Crippen MR) is 141 cm³/mol. The minimum atomic E-state index is -1.17. The Kier molecular flexibility index (Phi) is 6.46. The Morgan fingerprint density at radius 3 is 2.47 bits per heavy atom. The maximum absolute atomic E-state index is 14.0. The number of hydrogen-bond donors (Lipinski definition) is 1. The van der Waals surface area contributed by atoms with Crippen molar-refractivity contribution >= 4 is 40.8 Å². The molecule has 5 rings (SSSR count). The number of halogens is 2. The van der Waals surface area contributed by atoms with Crippen LogP contribution in [0.2, 0.25) is 10.0 Å². The summed E-state index contributed by atoms with van der Waals surface area (Å²) in [6.45, 7) is 2.24. The van der Waals surface area contributed by atoms with E-state index in [-0.39, 0.29) is 27.8 Å². The first kappa shape index (κ1) is 25.5. The number of imidazole rings is 1. The lowest BCUT2D eigenvalue weighted by Crippen LogP contribution is -2.35. The number of methoxy groups -OCH3 is 1. The first-order valence-electron chi connectivity index (χ1n) is 11.5. The number of benzene rings is 1. The molecule has 4 heterocycles. The first-order valence-corrected chi connectivity index (χ1v) is 12.2. The van der Waals surface area contributed by atoms with Crippen molar-refractivity contribution < 1.29 is 19.4 Å². The quantitative estimate of drug-likeness (QED) is 0.375. The summed E-state index contributed by atoms with van der Waals surface area (Å²) in [5, 5.41) is 10.3. The zero-order valence-corrected chi connectivity index (χ0v) is 22.0. The van der Waals surface area contributed by atoms with E-state index < -0.39 is 23.5 Å². The fraction of sp³-hybridized carbons (Fsp3) is 0.192. The third-order valence-corrected chi connectivity index (χ3v) is 6.83. The van der Waals surface area contributed by atoms with Crippen LogP contribution < -0.4 is 15.2 Å². The molecule has 0 fully saturated rings. The van der Waals surface area contributed by atoms with Crippen LogP contribution >= 0.6 is 23.2 Å². The molecule has 0 aliphatic carbocycles. The molecule has 4 aromatic rings. The van der Waals surface area contributed by atoms with E-state index in [1.807, 2.05) is 6.92 Å². The minimum Gasteiger partial charge on any atom is -0.480 e. The second-order valence-electron chi connectivity index (χ2n) is 8.59. The number of rotatable bonds is 6. The van der Waals surface area contributed by atoms with Crippen LogP contribution in [0.3, 0.4) is 0 Å². The number of carbonyl (C=O) groups is 2. The van der Waals surface area contributed by atoms with E-state index in [0.29, 0.717) is 34.2 Å². The minimum absolute atomic E-state index is 0.0590. The van der Waals surface area contributed by atoms with Gasteiger partial charge < -0.3 is 19.0 Å². The van der Waals surface area contributed by atoms with Crippen LogP contribution in [-0.4, -0.2) is 43.2 Å². The standard InChI is InChI=1S/C26H21Cl2N5O5/c1-4-32-21-19(30-22(32)17-9-14(26(36)37)11-29-23(17)38-3)25(35)33(18-10-16(28)12-31(2)24(18)34)20(21)13-5-7-15(27)8-6-13/h5-12,20H,4H2,1-3H3,(H,36,37). The van der Waals surface area contributed by atoms with Crippen molar-refractivity contribution in [2.45, 2.75) is 19.5 Å². The molecule has 1 aromatic carbocycles. The summed E-state index contributed by atoms with van der Waals surface area (Å²) in [7, 11) is 2.97. The summed E-state index contributed by atoms with van der Waals surface area (Å²) in [5.41, 5.74) is 1.28. The summed E-state index contributed by atoms with van der Waals surface area (Å²) in [6.07, 6.45) is 2.66. The fourth-order valence-corrected chi connectivity index (χ4v) is 5.07. The molecule has 0 saturated carbocycles. The van der Waals surface area contributed by atoms with Gasteiger partial charge in [-0.15, -0.1) is 0 Å². The van der Waals surface area contributed by atoms with Gasteiger partial charge in [-0.05, 0) is 36.8 Å². The molecule has 0 radical (unpaired) electrons. The lowest BCUT2D eigenvalue weighted by molar-refractivity contribution is 0.0696. The van der Waals surface area contributed by atoms with Crippen molar-refractivity contribution in [1.82, 2.24) is 19.1 Å². The summed E-state index contributed by atoms with van der Waals surface area (Å²) >= 11 is 12.4. The number of amides is 1. The fourth-order valence-electron chi connectivity index (χ4n) is 4.70. The molecule has 1 N–H and O–H groups in total. The largest absolute Gasteiger partial charge is 0.480 e. The molecule has 0 bridgehead atoms. The summed E-state index contributed by atoms with van der Waals surface area (Å²) in [5.74, 6) is -1.20. The number of anilines is 1. The van der Waals surface area contributed by atoms with E-state index in [9.17, 15) is 19.5 Å². The number of carboxylic acids is 1. The van der Waals surface area contributed by atoms with Crippen LogP contribution in [0, 0.1) is 0 Å². The van der Waals surface area contributed by atoms with Gasteiger partial charge in [0.05, 0.1) is 29.0 Å². The molecule has 3 aromatic heterocycles. The number of aromatic nitrogens is 4. The Labute approximate surface area is 226 Å². The number of aryl methyl sites for hydroxylation is 1. The topological polar surface area (TPSA) is 120 Å². The van der Waals surface area contributed by atoms with Gasteiger partial charge in [0.1, 0.15) is 17.6 Å². The Hall–Kier alpha value is -4.15. The van der Waals surface area contributed by atoms with E-state index >= 15 is 0 Å². The monoisotopic (exact) mass is 553 g/mol. The number of carboxylic acid groups (broad SMARTS) is 1. The normalized spacial score (nSPS) is 14.6. The van der Waals surface area contributed by atoms with E-state index in [4.69, 9.17) is 27.9 Å². The van der Waals surface area contributed by atoms with Gasteiger partial charge in [-0.1, -0.05) is 35.3 Å². The van der Waals surface area contributed by atoms with Crippen LogP contribution in [0.5, 0.6) is 5.88 Å². The Balaban J connectivity index is 1.80. The van der Waals surface area contributed by atoms with Crippen LogP contribution in [0.15, 0.2) is 53.6 Å². The average molecular weight is 554 g/mol. The first-order chi connectivity index (χ1) is 18.2. The maximum atomic E-state index is 14.0. The van der Waals surface area contributed by atoms with Crippen molar-refractivity contribution in [3.8, 4) is 17.3 Å². The van der Waals surface area contributed by atoms with Crippen LogP contribution in [0.1, 0.15) is 45.1 Å². The summed E-state index contributed by atoms with van der Waals surface area (Å²) < 4.78 is 8.50. The van der Waals surface area contributed by atoms with Crippen molar-refractivity contribution in [2.75, 3.05) is 12.0 Å². The maximum Gasteiger partial charge on any atom is 0.337 e. The highest BCUT2D eigenvalue weighted by atomic mass is 35.5. The highest BCUT2D eigenvalue weighted by molar-refractivity contribution is 6.31. The van der Waals surface area contributed by atoms with E-state index in [2.05, 4.69) is 9.97 Å². The number of pyridine rings is 2. The van der Waals surface area contributed by atoms with E-state index in [1.165, 1.54) is 41.1 Å². The van der Waals surface area contributed by atoms with Gasteiger partial charge in [-0.25, -0.2) is 14.8 Å². The van der Waals surface area contributed by atoms with Gasteiger partial charge in [0.25, 0.3) is 11.5 Å². The zero-order valence-electron chi connectivity index (χ0n) is 20.5. The molecule has 0 spiro atoms. The zero-order chi connectivity index (χ0) is 27.3. The van der Waals surface area contributed by atoms with Gasteiger partial charge in [0, 0.05) is 31.0 Å². The van der Waals surface area contributed by atoms with Crippen molar-refractivity contribution in [3.05, 3.63) is 91.7 Å². The Morgan fingerprint density at radius 1 is 1.13 bits per heavy atom. The molecule has 12 heteroatoms. The smallest absolute Gasteiger partial charge is 0.337 e. The van der Waals surface area contributed by atoms with Crippen LogP contribution in [0.25, 0.3) is 11.4 Å². The number of carbonyl (C=O) groups excluding carboxylic acids is 1. The third-order valence-electron chi connectivity index (χ3n) is 6.37. The Bertz CT molecular complexity index is 1660. The number of nitrogens with zero attached hydrogens (tertiary/aromatic N) is 5.